The molecule has 0 radical (unpaired) electrons. The number of amides is 1. The van der Waals surface area contributed by atoms with E-state index in [0.717, 1.165) is 10.2 Å². The topological polar surface area (TPSA) is 32.3 Å². The first-order chi connectivity index (χ1) is 9.86. The van der Waals surface area contributed by atoms with Crippen molar-refractivity contribution >= 4 is 56.4 Å². The van der Waals surface area contributed by atoms with Gasteiger partial charge in [0.25, 0.3) is 5.91 Å². The molecular weight excluding hydrogens is 375 g/mol. The largest absolute Gasteiger partial charge is 0.376 e. The molecule has 2 rings (SSSR count). The Bertz CT molecular complexity index is 669. The molecule has 6 heteroatoms. The Labute approximate surface area is 142 Å². The fourth-order valence-corrected chi connectivity index (χ4v) is 3.05. The van der Waals surface area contributed by atoms with E-state index < -0.39 is 0 Å². The molecule has 0 fully saturated rings. The average Bonchev–Trinajstić information content (AvgIpc) is 2.37. The monoisotopic (exact) mass is 386 g/mol. The number of hydrogen-bond acceptors (Lipinski definition) is 2. The molecular formula is C15H13BrCl2N2O. The third kappa shape index (κ3) is 4.13. The number of hydrogen-bond donors (Lipinski definition) is 1. The Morgan fingerprint density at radius 1 is 1.14 bits per heavy atom. The minimum atomic E-state index is -0.244. The highest BCUT2D eigenvalue weighted by molar-refractivity contribution is 9.10. The Hall–Kier alpha value is -1.23. The molecule has 0 heterocycles. The van der Waals surface area contributed by atoms with E-state index in [1.165, 1.54) is 0 Å². The minimum absolute atomic E-state index is 0.244. The van der Waals surface area contributed by atoms with Crippen molar-refractivity contribution in [2.75, 3.05) is 24.3 Å². The van der Waals surface area contributed by atoms with Crippen molar-refractivity contribution < 1.29 is 4.79 Å². The molecule has 21 heavy (non-hydrogen) atoms. The molecule has 0 bridgehead atoms. The molecule has 110 valence electrons. The summed E-state index contributed by atoms with van der Waals surface area (Å²) in [6.45, 7) is 0. The van der Waals surface area contributed by atoms with E-state index in [4.69, 9.17) is 23.2 Å². The van der Waals surface area contributed by atoms with E-state index in [0.29, 0.717) is 21.3 Å². The summed E-state index contributed by atoms with van der Waals surface area (Å²) < 4.78 is 0.751. The predicted molar refractivity (Wildman–Crippen MR) is 92.9 cm³/mol. The number of nitrogens with one attached hydrogen (secondary N) is 1. The van der Waals surface area contributed by atoms with Crippen LogP contribution in [-0.2, 0) is 0 Å². The van der Waals surface area contributed by atoms with Crippen molar-refractivity contribution in [3.63, 3.8) is 0 Å². The van der Waals surface area contributed by atoms with Gasteiger partial charge in [-0.15, -0.1) is 0 Å². The van der Waals surface area contributed by atoms with Gasteiger partial charge in [0.15, 0.2) is 0 Å². The van der Waals surface area contributed by atoms with Crippen molar-refractivity contribution in [3.05, 3.63) is 56.5 Å². The molecule has 2 aromatic carbocycles. The molecule has 3 nitrogen and oxygen atoms in total. The molecule has 0 aliphatic rings. The van der Waals surface area contributed by atoms with Gasteiger partial charge in [-0.2, -0.15) is 0 Å². The van der Waals surface area contributed by atoms with Gasteiger partial charge in [0, 0.05) is 34.8 Å². The molecule has 0 atom stereocenters. The standard InChI is InChI=1S/C15H13BrCl2N2O/c1-20(2)14-4-3-12(8-13(14)18)19-15(21)9-5-10(16)7-11(17)6-9/h3-8H,1-2H3,(H,19,21). The Morgan fingerprint density at radius 3 is 2.43 bits per heavy atom. The zero-order valence-electron chi connectivity index (χ0n) is 11.5. The van der Waals surface area contributed by atoms with Crippen LogP contribution in [0.2, 0.25) is 10.0 Å². The van der Waals surface area contributed by atoms with Crippen LogP contribution >= 0.6 is 39.1 Å². The maximum Gasteiger partial charge on any atom is 0.255 e. The SMILES string of the molecule is CN(C)c1ccc(NC(=O)c2cc(Cl)cc(Br)c2)cc1Cl. The normalized spacial score (nSPS) is 10.3. The number of halogens is 3. The van der Waals surface area contributed by atoms with Crippen LogP contribution in [0.3, 0.4) is 0 Å². The fourth-order valence-electron chi connectivity index (χ4n) is 1.84. The van der Waals surface area contributed by atoms with E-state index in [1.807, 2.05) is 25.1 Å². The van der Waals surface area contributed by atoms with Crippen LogP contribution < -0.4 is 10.2 Å². The lowest BCUT2D eigenvalue weighted by molar-refractivity contribution is 0.102. The van der Waals surface area contributed by atoms with E-state index in [-0.39, 0.29) is 5.91 Å². The second kappa shape index (κ2) is 6.69. The van der Waals surface area contributed by atoms with E-state index in [9.17, 15) is 4.79 Å². The predicted octanol–water partition coefficient (Wildman–Crippen LogP) is 5.07. The fraction of sp³-hybridized carbons (Fsp3) is 0.133. The Balaban J connectivity index is 2.21. The lowest BCUT2D eigenvalue weighted by Crippen LogP contribution is -2.13. The Kier molecular flexibility index (Phi) is 5.14. The second-order valence-electron chi connectivity index (χ2n) is 4.67. The van der Waals surface area contributed by atoms with Gasteiger partial charge in [-0.05, 0) is 36.4 Å². The number of carbonyl (C=O) groups is 1. The van der Waals surface area contributed by atoms with E-state index in [1.54, 1.807) is 30.3 Å². The summed E-state index contributed by atoms with van der Waals surface area (Å²) in [7, 11) is 3.81. The van der Waals surface area contributed by atoms with Crippen LogP contribution in [0.5, 0.6) is 0 Å². The summed E-state index contributed by atoms with van der Waals surface area (Å²) in [5.74, 6) is -0.244. The average molecular weight is 388 g/mol. The number of rotatable bonds is 3. The van der Waals surface area contributed by atoms with Crippen LogP contribution in [0.15, 0.2) is 40.9 Å². The number of anilines is 2. The van der Waals surface area contributed by atoms with E-state index in [2.05, 4.69) is 21.2 Å². The summed E-state index contributed by atoms with van der Waals surface area (Å²) in [5.41, 5.74) is 1.99. The highest BCUT2D eigenvalue weighted by atomic mass is 79.9. The molecule has 2 aromatic rings. The van der Waals surface area contributed by atoms with Gasteiger partial charge in [-0.3, -0.25) is 4.79 Å². The molecule has 0 aliphatic heterocycles. The molecule has 0 saturated carbocycles. The summed E-state index contributed by atoms with van der Waals surface area (Å²) in [5, 5.41) is 3.87. The first-order valence-corrected chi connectivity index (χ1v) is 7.66. The van der Waals surface area contributed by atoms with Gasteiger partial charge in [0.05, 0.1) is 10.7 Å². The van der Waals surface area contributed by atoms with Crippen molar-refractivity contribution in [3.8, 4) is 0 Å². The van der Waals surface area contributed by atoms with Crippen LogP contribution in [0.4, 0.5) is 11.4 Å². The van der Waals surface area contributed by atoms with Crippen molar-refractivity contribution in [2.45, 2.75) is 0 Å². The van der Waals surface area contributed by atoms with Crippen molar-refractivity contribution in [2.24, 2.45) is 0 Å². The van der Waals surface area contributed by atoms with Gasteiger partial charge in [-0.1, -0.05) is 39.1 Å². The lowest BCUT2D eigenvalue weighted by Gasteiger charge is -2.15. The molecule has 0 aliphatic carbocycles. The van der Waals surface area contributed by atoms with Gasteiger partial charge in [0.1, 0.15) is 0 Å². The highest BCUT2D eigenvalue weighted by Gasteiger charge is 2.10. The van der Waals surface area contributed by atoms with Gasteiger partial charge >= 0.3 is 0 Å². The summed E-state index contributed by atoms with van der Waals surface area (Å²) in [6, 6.07) is 10.4. The van der Waals surface area contributed by atoms with E-state index >= 15 is 0 Å². The van der Waals surface area contributed by atoms with Crippen LogP contribution in [0, 0.1) is 0 Å². The maximum absolute atomic E-state index is 12.2. The molecule has 1 N–H and O–H groups in total. The van der Waals surface area contributed by atoms with Crippen LogP contribution in [0.1, 0.15) is 10.4 Å². The zero-order chi connectivity index (χ0) is 15.6. The third-order valence-corrected chi connectivity index (χ3v) is 3.79. The molecule has 0 saturated heterocycles. The highest BCUT2D eigenvalue weighted by Crippen LogP contribution is 2.28. The van der Waals surface area contributed by atoms with Gasteiger partial charge in [0.2, 0.25) is 0 Å². The van der Waals surface area contributed by atoms with Crippen LogP contribution in [-0.4, -0.2) is 20.0 Å². The van der Waals surface area contributed by atoms with Gasteiger partial charge in [-0.25, -0.2) is 0 Å². The minimum Gasteiger partial charge on any atom is -0.376 e. The molecule has 0 aromatic heterocycles. The molecule has 0 unspecified atom stereocenters. The molecule has 1 amide bonds. The number of nitrogens with zero attached hydrogens (tertiary/aromatic N) is 1. The number of benzene rings is 2. The summed E-state index contributed by atoms with van der Waals surface area (Å²) >= 11 is 15.4. The first kappa shape index (κ1) is 16.1. The molecule has 0 spiro atoms. The van der Waals surface area contributed by atoms with Crippen molar-refractivity contribution in [1.82, 2.24) is 0 Å². The second-order valence-corrected chi connectivity index (χ2v) is 6.43. The lowest BCUT2D eigenvalue weighted by atomic mass is 10.2. The maximum atomic E-state index is 12.2. The van der Waals surface area contributed by atoms with Crippen molar-refractivity contribution in [1.29, 1.82) is 0 Å². The Morgan fingerprint density at radius 2 is 1.86 bits per heavy atom. The third-order valence-electron chi connectivity index (χ3n) is 2.81. The smallest absolute Gasteiger partial charge is 0.255 e. The zero-order valence-corrected chi connectivity index (χ0v) is 14.6. The van der Waals surface area contributed by atoms with Crippen LogP contribution in [0.25, 0.3) is 0 Å². The number of carbonyl (C=O) groups excluding carboxylic acids is 1. The quantitative estimate of drug-likeness (QED) is 0.796. The van der Waals surface area contributed by atoms with Gasteiger partial charge < -0.3 is 10.2 Å². The summed E-state index contributed by atoms with van der Waals surface area (Å²) in [4.78, 5) is 14.1. The first-order valence-electron chi connectivity index (χ1n) is 6.11. The summed E-state index contributed by atoms with van der Waals surface area (Å²) in [6.07, 6.45) is 0.